The molecule has 0 fully saturated rings. The van der Waals surface area contributed by atoms with Crippen molar-refractivity contribution in [3.05, 3.63) is 47.9 Å². The molecular formula is C17H21FN4O. The number of benzene rings is 1. The summed E-state index contributed by atoms with van der Waals surface area (Å²) in [6.45, 7) is 5.99. The van der Waals surface area contributed by atoms with E-state index in [2.05, 4.69) is 34.3 Å². The number of amides is 1. The van der Waals surface area contributed by atoms with Crippen LogP contribution in [0.5, 0.6) is 0 Å². The highest BCUT2D eigenvalue weighted by Gasteiger charge is 2.12. The third-order valence-electron chi connectivity index (χ3n) is 3.32. The van der Waals surface area contributed by atoms with Gasteiger partial charge in [-0.3, -0.25) is 4.79 Å². The second-order valence-electron chi connectivity index (χ2n) is 5.20. The minimum atomic E-state index is -0.484. The highest BCUT2D eigenvalue weighted by molar-refractivity contribution is 6.02. The van der Waals surface area contributed by atoms with E-state index in [-0.39, 0.29) is 11.4 Å². The van der Waals surface area contributed by atoms with Crippen LogP contribution in [-0.4, -0.2) is 29.2 Å². The summed E-state index contributed by atoms with van der Waals surface area (Å²) in [4.78, 5) is 14.2. The number of hydrogen-bond donors (Lipinski definition) is 1. The Morgan fingerprint density at radius 1 is 1.09 bits per heavy atom. The van der Waals surface area contributed by atoms with Gasteiger partial charge in [0.05, 0.1) is 5.69 Å². The summed E-state index contributed by atoms with van der Waals surface area (Å²) in [6.07, 6.45) is 2.02. The van der Waals surface area contributed by atoms with Crippen LogP contribution in [0.25, 0.3) is 0 Å². The van der Waals surface area contributed by atoms with Crippen LogP contribution in [0.1, 0.15) is 37.2 Å². The third kappa shape index (κ3) is 4.48. The Labute approximate surface area is 135 Å². The van der Waals surface area contributed by atoms with E-state index in [0.717, 1.165) is 31.7 Å². The molecule has 23 heavy (non-hydrogen) atoms. The van der Waals surface area contributed by atoms with Gasteiger partial charge in [-0.15, -0.1) is 10.2 Å². The number of carbonyl (C=O) groups excluding carboxylic acids is 1. The van der Waals surface area contributed by atoms with E-state index in [1.807, 2.05) is 0 Å². The second-order valence-corrected chi connectivity index (χ2v) is 5.20. The molecule has 2 aromatic rings. The lowest BCUT2D eigenvalue weighted by atomic mass is 10.3. The lowest BCUT2D eigenvalue weighted by molar-refractivity contribution is 0.102. The fraction of sp³-hybridized carbons (Fsp3) is 0.353. The first-order valence-electron chi connectivity index (χ1n) is 7.80. The van der Waals surface area contributed by atoms with E-state index in [1.54, 1.807) is 24.3 Å². The maximum Gasteiger partial charge on any atom is 0.276 e. The summed E-state index contributed by atoms with van der Waals surface area (Å²) in [6, 6.07) is 9.39. The van der Waals surface area contributed by atoms with E-state index in [0.29, 0.717) is 0 Å². The first-order valence-corrected chi connectivity index (χ1v) is 7.80. The molecule has 0 atom stereocenters. The molecule has 1 aromatic carbocycles. The number of aromatic nitrogens is 2. The van der Waals surface area contributed by atoms with Crippen molar-refractivity contribution in [3.8, 4) is 0 Å². The maximum atomic E-state index is 13.5. The average molecular weight is 316 g/mol. The molecule has 1 N–H and O–H groups in total. The number of rotatable bonds is 7. The summed E-state index contributed by atoms with van der Waals surface area (Å²) in [5, 5.41) is 10.6. The predicted octanol–water partition coefficient (Wildman–Crippen LogP) is 3.49. The number of anilines is 2. The Kier molecular flexibility index (Phi) is 6.02. The largest absolute Gasteiger partial charge is 0.355 e. The Balaban J connectivity index is 2.09. The minimum absolute atomic E-state index is 0.127. The molecule has 2 rings (SSSR count). The van der Waals surface area contributed by atoms with Crippen LogP contribution < -0.4 is 10.2 Å². The standard InChI is InChI=1S/C17H21FN4O/c1-3-11-22(12-4-2)16-10-9-15(20-21-16)17(23)19-14-8-6-5-7-13(14)18/h5-10H,3-4,11-12H2,1-2H3,(H,19,23). The van der Waals surface area contributed by atoms with E-state index < -0.39 is 11.7 Å². The minimum Gasteiger partial charge on any atom is -0.355 e. The summed E-state index contributed by atoms with van der Waals surface area (Å²) in [5.74, 6) is -0.217. The fourth-order valence-electron chi connectivity index (χ4n) is 2.24. The molecule has 5 nitrogen and oxygen atoms in total. The Bertz CT molecular complexity index is 639. The summed E-state index contributed by atoms with van der Waals surface area (Å²) in [7, 11) is 0. The van der Waals surface area contributed by atoms with Crippen molar-refractivity contribution in [1.82, 2.24) is 10.2 Å². The molecule has 0 radical (unpaired) electrons. The lowest BCUT2D eigenvalue weighted by Gasteiger charge is -2.21. The van der Waals surface area contributed by atoms with Gasteiger partial charge < -0.3 is 10.2 Å². The van der Waals surface area contributed by atoms with Gasteiger partial charge in [-0.1, -0.05) is 26.0 Å². The van der Waals surface area contributed by atoms with E-state index in [4.69, 9.17) is 0 Å². The molecule has 0 saturated heterocycles. The molecular weight excluding hydrogens is 295 g/mol. The topological polar surface area (TPSA) is 58.1 Å². The van der Waals surface area contributed by atoms with Crippen molar-refractivity contribution in [1.29, 1.82) is 0 Å². The van der Waals surface area contributed by atoms with Gasteiger partial charge in [-0.2, -0.15) is 0 Å². The van der Waals surface area contributed by atoms with Gasteiger partial charge >= 0.3 is 0 Å². The Morgan fingerprint density at radius 3 is 2.35 bits per heavy atom. The Hall–Kier alpha value is -2.50. The van der Waals surface area contributed by atoms with Crippen LogP contribution in [0.4, 0.5) is 15.9 Å². The zero-order valence-corrected chi connectivity index (χ0v) is 13.4. The van der Waals surface area contributed by atoms with Gasteiger partial charge in [0.1, 0.15) is 5.82 Å². The van der Waals surface area contributed by atoms with Crippen LogP contribution in [0.3, 0.4) is 0 Å². The predicted molar refractivity (Wildman–Crippen MR) is 89.2 cm³/mol. The van der Waals surface area contributed by atoms with E-state index >= 15 is 0 Å². The molecule has 6 heteroatoms. The van der Waals surface area contributed by atoms with E-state index in [1.165, 1.54) is 12.1 Å². The van der Waals surface area contributed by atoms with Crippen LogP contribution in [0.15, 0.2) is 36.4 Å². The van der Waals surface area contributed by atoms with Crippen molar-refractivity contribution < 1.29 is 9.18 Å². The van der Waals surface area contributed by atoms with Gasteiger partial charge in [0.15, 0.2) is 11.5 Å². The molecule has 0 spiro atoms. The molecule has 0 aliphatic heterocycles. The number of halogens is 1. The van der Waals surface area contributed by atoms with Gasteiger partial charge in [0.2, 0.25) is 0 Å². The third-order valence-corrected chi connectivity index (χ3v) is 3.32. The van der Waals surface area contributed by atoms with Crippen molar-refractivity contribution in [3.63, 3.8) is 0 Å². The SMILES string of the molecule is CCCN(CCC)c1ccc(C(=O)Nc2ccccc2F)nn1. The number of carbonyl (C=O) groups is 1. The van der Waals surface area contributed by atoms with Crippen molar-refractivity contribution in [2.75, 3.05) is 23.3 Å². The van der Waals surface area contributed by atoms with Crippen LogP contribution in [0.2, 0.25) is 0 Å². The summed E-state index contributed by atoms with van der Waals surface area (Å²) < 4.78 is 13.5. The summed E-state index contributed by atoms with van der Waals surface area (Å²) in [5.41, 5.74) is 0.284. The lowest BCUT2D eigenvalue weighted by Crippen LogP contribution is -2.26. The van der Waals surface area contributed by atoms with Gasteiger partial charge in [-0.25, -0.2) is 4.39 Å². The molecule has 0 aliphatic rings. The normalized spacial score (nSPS) is 10.4. The van der Waals surface area contributed by atoms with Gasteiger partial charge in [0.25, 0.3) is 5.91 Å². The number of nitrogens with zero attached hydrogens (tertiary/aromatic N) is 3. The first kappa shape index (κ1) is 16.9. The second kappa shape index (κ2) is 8.22. The van der Waals surface area contributed by atoms with Gasteiger partial charge in [0, 0.05) is 13.1 Å². The number of nitrogens with one attached hydrogen (secondary N) is 1. The van der Waals surface area contributed by atoms with Crippen LogP contribution in [-0.2, 0) is 0 Å². The monoisotopic (exact) mass is 316 g/mol. The molecule has 122 valence electrons. The quantitative estimate of drug-likeness (QED) is 0.849. The zero-order chi connectivity index (χ0) is 16.7. The molecule has 0 unspecified atom stereocenters. The first-order chi connectivity index (χ1) is 11.2. The average Bonchev–Trinajstić information content (AvgIpc) is 2.57. The molecule has 1 aromatic heterocycles. The molecule has 1 amide bonds. The smallest absolute Gasteiger partial charge is 0.276 e. The molecule has 0 saturated carbocycles. The van der Waals surface area contributed by atoms with Crippen molar-refractivity contribution in [2.45, 2.75) is 26.7 Å². The van der Waals surface area contributed by atoms with Crippen molar-refractivity contribution >= 4 is 17.4 Å². The van der Waals surface area contributed by atoms with E-state index in [9.17, 15) is 9.18 Å². The number of para-hydroxylation sites is 1. The van der Waals surface area contributed by atoms with Crippen LogP contribution >= 0.6 is 0 Å². The molecule has 1 heterocycles. The van der Waals surface area contributed by atoms with Crippen LogP contribution in [0, 0.1) is 5.82 Å². The maximum absolute atomic E-state index is 13.5. The highest BCUT2D eigenvalue weighted by Crippen LogP contribution is 2.15. The highest BCUT2D eigenvalue weighted by atomic mass is 19.1. The zero-order valence-electron chi connectivity index (χ0n) is 13.4. The number of hydrogen-bond acceptors (Lipinski definition) is 4. The van der Waals surface area contributed by atoms with Gasteiger partial charge in [-0.05, 0) is 37.1 Å². The molecule has 0 bridgehead atoms. The summed E-state index contributed by atoms with van der Waals surface area (Å²) >= 11 is 0. The Morgan fingerprint density at radius 2 is 1.78 bits per heavy atom. The van der Waals surface area contributed by atoms with Crippen molar-refractivity contribution in [2.24, 2.45) is 0 Å². The molecule has 0 aliphatic carbocycles. The fourth-order valence-corrected chi connectivity index (χ4v) is 2.24.